The first-order valence-corrected chi connectivity index (χ1v) is 11.4. The maximum atomic E-state index is 13.0. The van der Waals surface area contributed by atoms with Crippen LogP contribution in [0.15, 0.2) is 54.6 Å². The summed E-state index contributed by atoms with van der Waals surface area (Å²) in [5, 5.41) is 13.7. The number of nitrogens with zero attached hydrogens (tertiary/aromatic N) is 2. The third-order valence-electron chi connectivity index (χ3n) is 5.01. The van der Waals surface area contributed by atoms with Gasteiger partial charge >= 0.3 is 0 Å². The van der Waals surface area contributed by atoms with E-state index in [-0.39, 0.29) is 29.3 Å². The largest absolute Gasteiger partial charge is 0.352 e. The molecule has 0 heterocycles. The number of thioether (sulfide) groups is 1. The zero-order valence-electron chi connectivity index (χ0n) is 18.1. The predicted octanol–water partition coefficient (Wildman–Crippen LogP) is 4.16. The minimum atomic E-state index is -0.596. The number of nitro benzene ring substituents is 1. The first-order chi connectivity index (χ1) is 14.8. The summed E-state index contributed by atoms with van der Waals surface area (Å²) in [4.78, 5) is 37.6. The number of rotatable bonds is 11. The Bertz CT molecular complexity index is 874. The van der Waals surface area contributed by atoms with E-state index in [9.17, 15) is 19.7 Å². The van der Waals surface area contributed by atoms with Gasteiger partial charge in [-0.2, -0.15) is 0 Å². The Morgan fingerprint density at radius 2 is 1.71 bits per heavy atom. The molecular formula is C23H29N3O4S. The highest BCUT2D eigenvalue weighted by Gasteiger charge is 2.26. The van der Waals surface area contributed by atoms with Crippen molar-refractivity contribution in [1.29, 1.82) is 0 Å². The van der Waals surface area contributed by atoms with Crippen LogP contribution in [-0.4, -0.2) is 39.5 Å². The van der Waals surface area contributed by atoms with Crippen LogP contribution in [0.4, 0.5) is 5.69 Å². The van der Waals surface area contributed by atoms with E-state index in [0.717, 1.165) is 17.5 Å². The number of carbonyl (C=O) groups excluding carboxylic acids is 2. The van der Waals surface area contributed by atoms with Crippen LogP contribution in [0, 0.1) is 10.1 Å². The van der Waals surface area contributed by atoms with E-state index in [2.05, 4.69) is 5.32 Å². The summed E-state index contributed by atoms with van der Waals surface area (Å²) < 4.78 is 0. The van der Waals surface area contributed by atoms with Gasteiger partial charge in [0.25, 0.3) is 5.69 Å². The lowest BCUT2D eigenvalue weighted by Gasteiger charge is -2.29. The summed E-state index contributed by atoms with van der Waals surface area (Å²) >= 11 is 1.42. The van der Waals surface area contributed by atoms with Gasteiger partial charge in [0.05, 0.1) is 10.7 Å². The number of hydrogen-bond donors (Lipinski definition) is 1. The summed E-state index contributed by atoms with van der Waals surface area (Å²) in [5.41, 5.74) is 1.90. The second kappa shape index (κ2) is 12.1. The van der Waals surface area contributed by atoms with Crippen molar-refractivity contribution in [3.8, 4) is 0 Å². The molecule has 2 aromatic rings. The lowest BCUT2D eigenvalue weighted by atomic mass is 10.1. The van der Waals surface area contributed by atoms with Gasteiger partial charge in [0.15, 0.2) is 0 Å². The van der Waals surface area contributed by atoms with Gasteiger partial charge in [-0.15, -0.1) is 11.8 Å². The van der Waals surface area contributed by atoms with Crippen molar-refractivity contribution in [1.82, 2.24) is 10.2 Å². The SMILES string of the molecule is CC[C@H](C)NC(=O)[C@H](C)N(Cc1ccccc1)C(=O)CSCc1ccc([N+](=O)[O-])cc1. The Balaban J connectivity index is 2.02. The highest BCUT2D eigenvalue weighted by molar-refractivity contribution is 7.99. The van der Waals surface area contributed by atoms with Crippen molar-refractivity contribution in [3.05, 3.63) is 75.8 Å². The molecule has 7 nitrogen and oxygen atoms in total. The van der Waals surface area contributed by atoms with Crippen LogP contribution in [0.1, 0.15) is 38.3 Å². The molecule has 0 saturated carbocycles. The fraction of sp³-hybridized carbons (Fsp3) is 0.391. The number of amides is 2. The molecule has 0 unspecified atom stereocenters. The predicted molar refractivity (Wildman–Crippen MR) is 124 cm³/mol. The van der Waals surface area contributed by atoms with E-state index >= 15 is 0 Å². The van der Waals surface area contributed by atoms with E-state index in [1.165, 1.54) is 23.9 Å². The maximum absolute atomic E-state index is 13.0. The van der Waals surface area contributed by atoms with Crippen molar-refractivity contribution in [2.45, 2.75) is 51.6 Å². The molecule has 0 aromatic heterocycles. The molecule has 1 N–H and O–H groups in total. The fourth-order valence-corrected chi connectivity index (χ4v) is 3.75. The molecule has 0 bridgehead atoms. The molecule has 2 atom stereocenters. The molecule has 0 aliphatic heterocycles. The van der Waals surface area contributed by atoms with Gasteiger partial charge in [0, 0.05) is 30.5 Å². The van der Waals surface area contributed by atoms with Crippen molar-refractivity contribution in [2.75, 3.05) is 5.75 Å². The molecule has 2 aromatic carbocycles. The Morgan fingerprint density at radius 1 is 1.06 bits per heavy atom. The standard InChI is InChI=1S/C23H29N3O4S/c1-4-17(2)24-23(28)18(3)25(14-19-8-6-5-7-9-19)22(27)16-31-15-20-10-12-21(13-11-20)26(29)30/h5-13,17-18H,4,14-16H2,1-3H3,(H,24,28)/t17-,18-/m0/s1. The molecule has 8 heteroatoms. The van der Waals surface area contributed by atoms with Crippen LogP contribution in [0.3, 0.4) is 0 Å². The van der Waals surface area contributed by atoms with Gasteiger partial charge in [-0.25, -0.2) is 0 Å². The minimum absolute atomic E-state index is 0.0417. The third kappa shape index (κ3) is 7.71. The number of non-ortho nitro benzene ring substituents is 1. The molecule has 0 saturated heterocycles. The first-order valence-electron chi connectivity index (χ1n) is 10.3. The highest BCUT2D eigenvalue weighted by Crippen LogP contribution is 2.18. The van der Waals surface area contributed by atoms with Crippen LogP contribution in [0.2, 0.25) is 0 Å². The molecule has 0 radical (unpaired) electrons. The van der Waals surface area contributed by atoms with Crippen LogP contribution >= 0.6 is 11.8 Å². The van der Waals surface area contributed by atoms with Crippen molar-refractivity contribution < 1.29 is 14.5 Å². The summed E-state index contributed by atoms with van der Waals surface area (Å²) in [5.74, 6) is 0.475. The maximum Gasteiger partial charge on any atom is 0.269 e. The molecule has 2 amide bonds. The molecule has 0 aliphatic carbocycles. The minimum Gasteiger partial charge on any atom is -0.352 e. The normalized spacial score (nSPS) is 12.6. The van der Waals surface area contributed by atoms with E-state index in [0.29, 0.717) is 12.3 Å². The average Bonchev–Trinajstić information content (AvgIpc) is 2.77. The molecule has 0 aliphatic rings. The number of carbonyl (C=O) groups is 2. The van der Waals surface area contributed by atoms with Crippen LogP contribution in [-0.2, 0) is 21.9 Å². The monoisotopic (exact) mass is 443 g/mol. The van der Waals surface area contributed by atoms with Crippen molar-refractivity contribution >= 4 is 29.3 Å². The number of benzene rings is 2. The molecule has 31 heavy (non-hydrogen) atoms. The van der Waals surface area contributed by atoms with Gasteiger partial charge in [-0.3, -0.25) is 19.7 Å². The second-order valence-corrected chi connectivity index (χ2v) is 8.40. The van der Waals surface area contributed by atoms with Crippen LogP contribution in [0.25, 0.3) is 0 Å². The molecule has 0 fully saturated rings. The van der Waals surface area contributed by atoms with Crippen LogP contribution in [0.5, 0.6) is 0 Å². The first kappa shape index (κ1) is 24.4. The summed E-state index contributed by atoms with van der Waals surface area (Å²) in [6.45, 7) is 6.04. The summed E-state index contributed by atoms with van der Waals surface area (Å²) in [6, 6.07) is 15.3. The van der Waals surface area contributed by atoms with Gasteiger partial charge in [-0.1, -0.05) is 49.4 Å². The molecule has 2 rings (SSSR count). The number of nitro groups is 1. The quantitative estimate of drug-likeness (QED) is 0.416. The van der Waals surface area contributed by atoms with E-state index < -0.39 is 11.0 Å². The van der Waals surface area contributed by atoms with E-state index in [4.69, 9.17) is 0 Å². The Hall–Kier alpha value is -2.87. The zero-order valence-corrected chi connectivity index (χ0v) is 18.9. The Labute approximate surface area is 187 Å². The van der Waals surface area contributed by atoms with Crippen molar-refractivity contribution in [2.24, 2.45) is 0 Å². The lowest BCUT2D eigenvalue weighted by molar-refractivity contribution is -0.384. The fourth-order valence-electron chi connectivity index (χ4n) is 2.88. The van der Waals surface area contributed by atoms with Crippen LogP contribution < -0.4 is 5.32 Å². The average molecular weight is 444 g/mol. The lowest BCUT2D eigenvalue weighted by Crippen LogP contribution is -2.50. The number of hydrogen-bond acceptors (Lipinski definition) is 5. The van der Waals surface area contributed by atoms with Gasteiger partial charge in [0.2, 0.25) is 11.8 Å². The molecule has 166 valence electrons. The van der Waals surface area contributed by atoms with E-state index in [1.807, 2.05) is 44.2 Å². The molecular weight excluding hydrogens is 414 g/mol. The van der Waals surface area contributed by atoms with Gasteiger partial charge in [0.1, 0.15) is 6.04 Å². The van der Waals surface area contributed by atoms with E-state index in [1.54, 1.807) is 24.0 Å². The second-order valence-electron chi connectivity index (χ2n) is 7.42. The summed E-state index contributed by atoms with van der Waals surface area (Å²) in [6.07, 6.45) is 0.816. The highest BCUT2D eigenvalue weighted by atomic mass is 32.2. The zero-order chi connectivity index (χ0) is 22.8. The number of nitrogens with one attached hydrogen (secondary N) is 1. The van der Waals surface area contributed by atoms with Gasteiger partial charge in [-0.05, 0) is 31.4 Å². The smallest absolute Gasteiger partial charge is 0.269 e. The van der Waals surface area contributed by atoms with Crippen molar-refractivity contribution in [3.63, 3.8) is 0 Å². The Morgan fingerprint density at radius 3 is 2.29 bits per heavy atom. The Kier molecular flexibility index (Phi) is 9.52. The topological polar surface area (TPSA) is 92.6 Å². The summed E-state index contributed by atoms with van der Waals surface area (Å²) in [7, 11) is 0. The third-order valence-corrected chi connectivity index (χ3v) is 5.99. The molecule has 0 spiro atoms. The van der Waals surface area contributed by atoms with Gasteiger partial charge < -0.3 is 10.2 Å².